The minimum absolute atomic E-state index is 0.182. The molecule has 21 heavy (non-hydrogen) atoms. The Morgan fingerprint density at radius 2 is 2.14 bits per heavy atom. The van der Waals surface area contributed by atoms with E-state index in [1.54, 1.807) is 18.2 Å². The van der Waals surface area contributed by atoms with Gasteiger partial charge in [0, 0.05) is 19.2 Å². The molecule has 0 saturated carbocycles. The second kappa shape index (κ2) is 6.89. The number of hydrogen-bond donors (Lipinski definition) is 3. The summed E-state index contributed by atoms with van der Waals surface area (Å²) >= 11 is 5.99. The molecule has 1 aliphatic heterocycles. The summed E-state index contributed by atoms with van der Waals surface area (Å²) < 4.78 is 5.44. The Bertz CT molecular complexity index is 550. The number of ether oxygens (including phenoxy) is 1. The first kappa shape index (κ1) is 15.8. The van der Waals surface area contributed by atoms with Gasteiger partial charge in [0.15, 0.2) is 0 Å². The van der Waals surface area contributed by atoms with E-state index in [0.717, 1.165) is 0 Å². The second-order valence-corrected chi connectivity index (χ2v) is 5.28. The van der Waals surface area contributed by atoms with Crippen molar-refractivity contribution in [2.24, 2.45) is 0 Å². The fourth-order valence-electron chi connectivity index (χ4n) is 2.14. The van der Waals surface area contributed by atoms with E-state index in [1.807, 2.05) is 6.92 Å². The maximum atomic E-state index is 12.2. The van der Waals surface area contributed by atoms with Gasteiger partial charge >= 0.3 is 0 Å². The highest BCUT2D eigenvalue weighted by atomic mass is 35.5. The Morgan fingerprint density at radius 3 is 2.81 bits per heavy atom. The van der Waals surface area contributed by atoms with Crippen LogP contribution >= 0.6 is 11.6 Å². The molecule has 3 N–H and O–H groups in total. The van der Waals surface area contributed by atoms with E-state index >= 15 is 0 Å². The third-order valence-electron chi connectivity index (χ3n) is 3.14. The Hall–Kier alpha value is -1.63. The molecule has 6 nitrogen and oxygen atoms in total. The number of hydrogen-bond acceptors (Lipinski definition) is 4. The van der Waals surface area contributed by atoms with Gasteiger partial charge in [-0.15, -0.1) is 0 Å². The smallest absolute Gasteiger partial charge is 0.244 e. The van der Waals surface area contributed by atoms with Crippen LogP contribution in [0, 0.1) is 0 Å². The van der Waals surface area contributed by atoms with Gasteiger partial charge in [0.25, 0.3) is 0 Å². The molecule has 0 unspecified atom stereocenters. The SMILES string of the molecule is CC(=O)Nc1cc(NC(=O)[C@H]2NCCO[C@@H]2C)ccc1Cl. The van der Waals surface area contributed by atoms with Gasteiger partial charge in [-0.25, -0.2) is 0 Å². The van der Waals surface area contributed by atoms with Crippen molar-refractivity contribution in [2.45, 2.75) is 26.0 Å². The predicted octanol–water partition coefficient (Wildman–Crippen LogP) is 1.61. The maximum Gasteiger partial charge on any atom is 0.244 e. The lowest BCUT2D eigenvalue weighted by Crippen LogP contribution is -2.53. The number of benzene rings is 1. The lowest BCUT2D eigenvalue weighted by molar-refractivity contribution is -0.123. The molecule has 114 valence electrons. The normalized spacial score (nSPS) is 21.7. The fraction of sp³-hybridized carbons (Fsp3) is 0.429. The molecule has 1 heterocycles. The zero-order chi connectivity index (χ0) is 15.4. The van der Waals surface area contributed by atoms with Gasteiger partial charge in [-0.1, -0.05) is 11.6 Å². The lowest BCUT2D eigenvalue weighted by Gasteiger charge is -2.29. The summed E-state index contributed by atoms with van der Waals surface area (Å²) in [7, 11) is 0. The first-order chi connectivity index (χ1) is 9.97. The summed E-state index contributed by atoms with van der Waals surface area (Å²) in [6.07, 6.45) is -0.194. The summed E-state index contributed by atoms with van der Waals surface area (Å²) in [5.74, 6) is -0.408. The van der Waals surface area contributed by atoms with Crippen molar-refractivity contribution in [3.8, 4) is 0 Å². The zero-order valence-corrected chi connectivity index (χ0v) is 12.7. The summed E-state index contributed by atoms with van der Waals surface area (Å²) in [6.45, 7) is 4.48. The summed E-state index contributed by atoms with van der Waals surface area (Å²) in [5.41, 5.74) is 1.02. The van der Waals surface area contributed by atoms with Crippen molar-refractivity contribution in [1.29, 1.82) is 0 Å². The van der Waals surface area contributed by atoms with Gasteiger partial charge in [-0.2, -0.15) is 0 Å². The summed E-state index contributed by atoms with van der Waals surface area (Å²) in [4.78, 5) is 23.3. The van der Waals surface area contributed by atoms with Crippen LogP contribution in [0.3, 0.4) is 0 Å². The number of carbonyl (C=O) groups excluding carboxylic acids is 2. The quantitative estimate of drug-likeness (QED) is 0.792. The number of rotatable bonds is 3. The Balaban J connectivity index is 2.08. The fourth-order valence-corrected chi connectivity index (χ4v) is 2.30. The van der Waals surface area contributed by atoms with Crippen molar-refractivity contribution in [3.05, 3.63) is 23.2 Å². The Kier molecular flexibility index (Phi) is 5.17. The molecule has 0 bridgehead atoms. The van der Waals surface area contributed by atoms with E-state index in [0.29, 0.717) is 29.5 Å². The van der Waals surface area contributed by atoms with Crippen molar-refractivity contribution in [3.63, 3.8) is 0 Å². The molecular weight excluding hydrogens is 294 g/mol. The van der Waals surface area contributed by atoms with E-state index in [9.17, 15) is 9.59 Å². The molecule has 0 spiro atoms. The van der Waals surface area contributed by atoms with Crippen LogP contribution in [0.1, 0.15) is 13.8 Å². The highest BCUT2D eigenvalue weighted by Gasteiger charge is 2.28. The first-order valence-electron chi connectivity index (χ1n) is 6.70. The van der Waals surface area contributed by atoms with Crippen LogP contribution in [0.2, 0.25) is 5.02 Å². The van der Waals surface area contributed by atoms with Gasteiger partial charge in [-0.3, -0.25) is 9.59 Å². The van der Waals surface area contributed by atoms with Gasteiger partial charge < -0.3 is 20.7 Å². The lowest BCUT2D eigenvalue weighted by atomic mass is 10.1. The molecule has 1 aromatic rings. The van der Waals surface area contributed by atoms with E-state index in [1.165, 1.54) is 6.92 Å². The predicted molar refractivity (Wildman–Crippen MR) is 81.6 cm³/mol. The van der Waals surface area contributed by atoms with Crippen LogP contribution in [0.4, 0.5) is 11.4 Å². The molecule has 0 radical (unpaired) electrons. The molecule has 0 aromatic heterocycles. The maximum absolute atomic E-state index is 12.2. The third kappa shape index (κ3) is 4.17. The topological polar surface area (TPSA) is 79.5 Å². The molecular formula is C14H18ClN3O3. The van der Waals surface area contributed by atoms with Crippen molar-refractivity contribution in [2.75, 3.05) is 23.8 Å². The number of carbonyl (C=O) groups is 2. The first-order valence-corrected chi connectivity index (χ1v) is 7.08. The molecule has 1 saturated heterocycles. The van der Waals surface area contributed by atoms with E-state index in [2.05, 4.69) is 16.0 Å². The highest BCUT2D eigenvalue weighted by molar-refractivity contribution is 6.33. The molecule has 2 atom stereocenters. The standard InChI is InChI=1S/C14H18ClN3O3/c1-8-13(16-5-6-21-8)14(20)18-10-3-4-11(15)12(7-10)17-9(2)19/h3-4,7-8,13,16H,5-6H2,1-2H3,(H,17,19)(H,18,20)/t8-,13+/m1/s1. The van der Waals surface area contributed by atoms with E-state index in [-0.39, 0.29) is 17.9 Å². The summed E-state index contributed by atoms with van der Waals surface area (Å²) in [5, 5.41) is 8.93. The monoisotopic (exact) mass is 311 g/mol. The van der Waals surface area contributed by atoms with E-state index in [4.69, 9.17) is 16.3 Å². The van der Waals surface area contributed by atoms with Crippen LogP contribution in [-0.4, -0.2) is 37.1 Å². The van der Waals surface area contributed by atoms with E-state index < -0.39 is 6.04 Å². The van der Waals surface area contributed by atoms with Crippen molar-refractivity contribution < 1.29 is 14.3 Å². The van der Waals surface area contributed by atoms with Crippen molar-refractivity contribution in [1.82, 2.24) is 5.32 Å². The van der Waals surface area contributed by atoms with Gasteiger partial charge in [0.1, 0.15) is 6.04 Å². The number of anilines is 2. The van der Waals surface area contributed by atoms with Crippen LogP contribution in [0.15, 0.2) is 18.2 Å². The minimum Gasteiger partial charge on any atom is -0.375 e. The number of morpholine rings is 1. The van der Waals surface area contributed by atoms with Crippen LogP contribution in [-0.2, 0) is 14.3 Å². The third-order valence-corrected chi connectivity index (χ3v) is 3.47. The van der Waals surface area contributed by atoms with Gasteiger partial charge in [0.05, 0.1) is 23.4 Å². The van der Waals surface area contributed by atoms with Crippen molar-refractivity contribution >= 4 is 34.8 Å². The largest absolute Gasteiger partial charge is 0.375 e. The zero-order valence-electron chi connectivity index (χ0n) is 11.9. The van der Waals surface area contributed by atoms with Gasteiger partial charge in [-0.05, 0) is 25.1 Å². The van der Waals surface area contributed by atoms with Crippen LogP contribution < -0.4 is 16.0 Å². The average molecular weight is 312 g/mol. The molecule has 0 aliphatic carbocycles. The molecule has 7 heteroatoms. The molecule has 1 fully saturated rings. The highest BCUT2D eigenvalue weighted by Crippen LogP contribution is 2.25. The number of nitrogens with one attached hydrogen (secondary N) is 3. The number of amides is 2. The summed E-state index contributed by atoms with van der Waals surface area (Å²) in [6, 6.07) is 4.52. The average Bonchev–Trinajstić information content (AvgIpc) is 2.42. The second-order valence-electron chi connectivity index (χ2n) is 4.87. The minimum atomic E-state index is -0.404. The Labute approximate surface area is 128 Å². The Morgan fingerprint density at radius 1 is 1.38 bits per heavy atom. The molecule has 1 aliphatic rings. The molecule has 2 rings (SSSR count). The number of halogens is 1. The van der Waals surface area contributed by atoms with Crippen LogP contribution in [0.5, 0.6) is 0 Å². The molecule has 1 aromatic carbocycles. The molecule has 2 amide bonds. The van der Waals surface area contributed by atoms with Crippen LogP contribution in [0.25, 0.3) is 0 Å². The van der Waals surface area contributed by atoms with Gasteiger partial charge in [0.2, 0.25) is 11.8 Å².